The predicted molar refractivity (Wildman–Crippen MR) is 233 cm³/mol. The molecule has 0 unspecified atom stereocenters. The third kappa shape index (κ3) is 43.4. The highest BCUT2D eigenvalue weighted by atomic mass is 16.6. The zero-order valence-electron chi connectivity index (χ0n) is 37.7. The lowest BCUT2D eigenvalue weighted by atomic mass is 10.0. The molecule has 55 heavy (non-hydrogen) atoms. The summed E-state index contributed by atoms with van der Waals surface area (Å²) in [7, 11) is 0. The van der Waals surface area contributed by atoms with E-state index in [0.717, 1.165) is 75.5 Å². The van der Waals surface area contributed by atoms with E-state index in [-0.39, 0.29) is 31.1 Å². The van der Waals surface area contributed by atoms with E-state index in [4.69, 9.17) is 14.2 Å². The summed E-state index contributed by atoms with van der Waals surface area (Å²) in [6.07, 6.45) is 38.2. The molecule has 0 N–H and O–H groups in total. The lowest BCUT2D eigenvalue weighted by Gasteiger charge is -2.18. The fourth-order valence-corrected chi connectivity index (χ4v) is 7.23. The van der Waals surface area contributed by atoms with E-state index in [2.05, 4.69) is 41.5 Å². The maximum atomic E-state index is 12.7. The number of hydrogen-bond acceptors (Lipinski definition) is 6. The van der Waals surface area contributed by atoms with Crippen molar-refractivity contribution in [2.75, 3.05) is 13.2 Å². The number of rotatable bonds is 42. The van der Waals surface area contributed by atoms with Gasteiger partial charge in [0.1, 0.15) is 13.2 Å². The molecule has 6 heteroatoms. The summed E-state index contributed by atoms with van der Waals surface area (Å²) in [4.78, 5) is 37.7. The summed E-state index contributed by atoms with van der Waals surface area (Å²) in [6.45, 7) is 13.6. The van der Waals surface area contributed by atoms with Gasteiger partial charge in [-0.25, -0.2) is 0 Å². The van der Waals surface area contributed by atoms with E-state index in [9.17, 15) is 14.4 Å². The summed E-state index contributed by atoms with van der Waals surface area (Å²) in [5, 5.41) is 0. The first-order chi connectivity index (χ1) is 26.6. The molecule has 0 aromatic rings. The van der Waals surface area contributed by atoms with Gasteiger partial charge in [0.05, 0.1) is 0 Å². The smallest absolute Gasteiger partial charge is 0.306 e. The van der Waals surface area contributed by atoms with Gasteiger partial charge in [0, 0.05) is 19.3 Å². The van der Waals surface area contributed by atoms with Gasteiger partial charge >= 0.3 is 17.9 Å². The predicted octanol–water partition coefficient (Wildman–Crippen LogP) is 15.2. The lowest BCUT2D eigenvalue weighted by Crippen LogP contribution is -2.30. The van der Waals surface area contributed by atoms with Crippen LogP contribution in [0.2, 0.25) is 0 Å². The molecular formula is C49H94O6. The average Bonchev–Trinajstić information content (AvgIpc) is 3.13. The lowest BCUT2D eigenvalue weighted by molar-refractivity contribution is -0.167. The third-order valence-electron chi connectivity index (χ3n) is 10.9. The monoisotopic (exact) mass is 779 g/mol. The molecule has 0 aromatic heterocycles. The SMILES string of the molecule is CC(C)CCCCCCCCCCCCCCCCC(=O)OC[C@@H](COC(=O)CCCCCCCCCC(C)C)OC(=O)CCCCCCCCCC(C)C. The number of ether oxygens (including phenoxy) is 3. The Morgan fingerprint density at radius 1 is 0.309 bits per heavy atom. The number of esters is 3. The van der Waals surface area contributed by atoms with Crippen molar-refractivity contribution in [2.24, 2.45) is 17.8 Å². The summed E-state index contributed by atoms with van der Waals surface area (Å²) >= 11 is 0. The Morgan fingerprint density at radius 2 is 0.527 bits per heavy atom. The van der Waals surface area contributed by atoms with E-state index >= 15 is 0 Å². The van der Waals surface area contributed by atoms with Crippen molar-refractivity contribution in [1.82, 2.24) is 0 Å². The van der Waals surface area contributed by atoms with Crippen LogP contribution in [0, 0.1) is 17.8 Å². The number of carbonyl (C=O) groups is 3. The molecule has 0 fully saturated rings. The van der Waals surface area contributed by atoms with Crippen LogP contribution < -0.4 is 0 Å². The van der Waals surface area contributed by atoms with E-state index in [1.54, 1.807) is 0 Å². The highest BCUT2D eigenvalue weighted by molar-refractivity contribution is 5.71. The van der Waals surface area contributed by atoms with Gasteiger partial charge in [0.25, 0.3) is 0 Å². The van der Waals surface area contributed by atoms with Gasteiger partial charge in [-0.1, -0.05) is 221 Å². The molecule has 0 heterocycles. The van der Waals surface area contributed by atoms with Gasteiger partial charge in [-0.2, -0.15) is 0 Å². The van der Waals surface area contributed by atoms with Gasteiger partial charge in [0.2, 0.25) is 0 Å². The second kappa shape index (κ2) is 40.6. The summed E-state index contributed by atoms with van der Waals surface area (Å²) in [6, 6.07) is 0. The standard InChI is InChI=1S/C49H94O6/c1-43(2)35-29-23-17-13-11-9-7-8-10-12-14-20-26-32-38-47(50)53-41-46(55-49(52)40-34-28-22-16-19-25-31-37-45(5)6)42-54-48(51)39-33-27-21-15-18-24-30-36-44(3)4/h43-46H,7-42H2,1-6H3/t46-/m0/s1. The third-order valence-corrected chi connectivity index (χ3v) is 10.9. The minimum atomic E-state index is -0.762. The highest BCUT2D eigenvalue weighted by Gasteiger charge is 2.19. The molecule has 0 bridgehead atoms. The van der Waals surface area contributed by atoms with Crippen molar-refractivity contribution in [3.63, 3.8) is 0 Å². The molecule has 326 valence electrons. The van der Waals surface area contributed by atoms with Crippen LogP contribution in [0.5, 0.6) is 0 Å². The maximum Gasteiger partial charge on any atom is 0.306 e. The van der Waals surface area contributed by atoms with Crippen LogP contribution in [0.1, 0.15) is 260 Å². The van der Waals surface area contributed by atoms with Gasteiger partial charge in [-0.15, -0.1) is 0 Å². The van der Waals surface area contributed by atoms with Crippen LogP contribution in [0.25, 0.3) is 0 Å². The first kappa shape index (κ1) is 53.4. The molecule has 0 amide bonds. The average molecular weight is 779 g/mol. The van der Waals surface area contributed by atoms with Crippen molar-refractivity contribution in [3.8, 4) is 0 Å². The molecule has 0 spiro atoms. The van der Waals surface area contributed by atoms with Gasteiger partial charge < -0.3 is 14.2 Å². The Kier molecular flexibility index (Phi) is 39.4. The Labute approximate surface area is 342 Å². The topological polar surface area (TPSA) is 78.9 Å². The zero-order chi connectivity index (χ0) is 40.6. The normalized spacial score (nSPS) is 12.2. The number of hydrogen-bond donors (Lipinski definition) is 0. The van der Waals surface area contributed by atoms with Crippen molar-refractivity contribution < 1.29 is 28.6 Å². The number of unbranched alkanes of at least 4 members (excludes halogenated alkanes) is 25. The van der Waals surface area contributed by atoms with Crippen LogP contribution in [0.4, 0.5) is 0 Å². The molecule has 0 aliphatic heterocycles. The second-order valence-corrected chi connectivity index (χ2v) is 18.2. The molecule has 1 atom stereocenters. The largest absolute Gasteiger partial charge is 0.462 e. The molecule has 0 saturated heterocycles. The first-order valence-corrected chi connectivity index (χ1v) is 24.1. The molecule has 0 rings (SSSR count). The van der Waals surface area contributed by atoms with E-state index in [0.29, 0.717) is 19.3 Å². The van der Waals surface area contributed by atoms with Gasteiger partial charge in [0.15, 0.2) is 6.10 Å². The van der Waals surface area contributed by atoms with Crippen molar-refractivity contribution in [3.05, 3.63) is 0 Å². The quantitative estimate of drug-likeness (QED) is 0.0349. The highest BCUT2D eigenvalue weighted by Crippen LogP contribution is 2.17. The first-order valence-electron chi connectivity index (χ1n) is 24.1. The minimum absolute atomic E-state index is 0.0663. The summed E-state index contributed by atoms with van der Waals surface area (Å²) < 4.78 is 16.7. The van der Waals surface area contributed by atoms with Crippen LogP contribution in [-0.4, -0.2) is 37.2 Å². The van der Waals surface area contributed by atoms with Crippen LogP contribution in [0.3, 0.4) is 0 Å². The van der Waals surface area contributed by atoms with E-state index in [1.807, 2.05) is 0 Å². The molecule has 0 aliphatic rings. The van der Waals surface area contributed by atoms with E-state index in [1.165, 1.54) is 141 Å². The van der Waals surface area contributed by atoms with Crippen molar-refractivity contribution in [2.45, 2.75) is 266 Å². The Balaban J connectivity index is 4.26. The van der Waals surface area contributed by atoms with Gasteiger partial charge in [-0.05, 0) is 37.0 Å². The fourth-order valence-electron chi connectivity index (χ4n) is 7.23. The molecule has 0 aliphatic carbocycles. The molecule has 0 radical (unpaired) electrons. The Hall–Kier alpha value is -1.59. The second-order valence-electron chi connectivity index (χ2n) is 18.2. The van der Waals surface area contributed by atoms with Gasteiger partial charge in [-0.3, -0.25) is 14.4 Å². The molecular weight excluding hydrogens is 685 g/mol. The van der Waals surface area contributed by atoms with Crippen LogP contribution in [-0.2, 0) is 28.6 Å². The van der Waals surface area contributed by atoms with E-state index < -0.39 is 6.10 Å². The molecule has 6 nitrogen and oxygen atoms in total. The summed E-state index contributed by atoms with van der Waals surface area (Å²) in [5.41, 5.74) is 0. The van der Waals surface area contributed by atoms with Crippen molar-refractivity contribution in [1.29, 1.82) is 0 Å². The van der Waals surface area contributed by atoms with Crippen LogP contribution >= 0.6 is 0 Å². The number of carbonyl (C=O) groups excluding carboxylic acids is 3. The van der Waals surface area contributed by atoms with Crippen molar-refractivity contribution >= 4 is 17.9 Å². The fraction of sp³-hybridized carbons (Fsp3) is 0.939. The minimum Gasteiger partial charge on any atom is -0.462 e. The Morgan fingerprint density at radius 3 is 0.782 bits per heavy atom. The zero-order valence-corrected chi connectivity index (χ0v) is 37.7. The molecule has 0 saturated carbocycles. The molecule has 0 aromatic carbocycles. The summed E-state index contributed by atoms with van der Waals surface area (Å²) in [5.74, 6) is 1.54. The van der Waals surface area contributed by atoms with Crippen LogP contribution in [0.15, 0.2) is 0 Å². The maximum absolute atomic E-state index is 12.7. The Bertz CT molecular complexity index is 852.